The molecule has 0 N–H and O–H groups in total. The Morgan fingerprint density at radius 2 is 1.60 bits per heavy atom. The number of halogens is 3. The summed E-state index contributed by atoms with van der Waals surface area (Å²) >= 11 is 0. The zero-order valence-electron chi connectivity index (χ0n) is 7.43. The molecule has 0 heterocycles. The Kier molecular flexibility index (Phi) is 2.19. The van der Waals surface area contributed by atoms with Crippen LogP contribution in [0.5, 0.6) is 0 Å². The van der Waals surface area contributed by atoms with Crippen LogP contribution >= 0.6 is 0 Å². The van der Waals surface area contributed by atoms with E-state index >= 15 is 0 Å². The number of rotatable bonds is 1. The van der Waals surface area contributed by atoms with E-state index in [9.17, 15) is 18.0 Å². The summed E-state index contributed by atoms with van der Waals surface area (Å²) in [5.74, 6) is -2.63. The lowest BCUT2D eigenvalue weighted by Gasteiger charge is -2.03. The van der Waals surface area contributed by atoms with Crippen molar-refractivity contribution in [1.29, 1.82) is 0 Å². The zero-order chi connectivity index (χ0) is 11.0. The van der Waals surface area contributed by atoms with Crippen LogP contribution in [-0.4, -0.2) is 6.29 Å². The van der Waals surface area contributed by atoms with Crippen LogP contribution in [0.25, 0.3) is 10.8 Å². The summed E-state index contributed by atoms with van der Waals surface area (Å²) in [7, 11) is 0. The Morgan fingerprint density at radius 3 is 2.27 bits per heavy atom. The zero-order valence-corrected chi connectivity index (χ0v) is 7.43. The summed E-state index contributed by atoms with van der Waals surface area (Å²) in [4.78, 5) is 10.4. The largest absolute Gasteiger partial charge is 0.298 e. The molecule has 0 amide bonds. The molecule has 2 rings (SSSR count). The Labute approximate surface area is 83.1 Å². The van der Waals surface area contributed by atoms with Crippen LogP contribution in [0.2, 0.25) is 0 Å². The summed E-state index contributed by atoms with van der Waals surface area (Å²) in [5.41, 5.74) is -0.285. The summed E-state index contributed by atoms with van der Waals surface area (Å²) in [6.45, 7) is 0. The van der Waals surface area contributed by atoms with Crippen molar-refractivity contribution in [2.75, 3.05) is 0 Å². The first-order chi connectivity index (χ1) is 7.15. The molecular formula is C11H5F3O. The Morgan fingerprint density at radius 1 is 0.933 bits per heavy atom. The molecule has 0 fully saturated rings. The molecule has 0 unspecified atom stereocenters. The van der Waals surface area contributed by atoms with Gasteiger partial charge in [0.25, 0.3) is 0 Å². The number of carbonyl (C=O) groups is 1. The van der Waals surface area contributed by atoms with Crippen LogP contribution < -0.4 is 0 Å². The number of hydrogen-bond acceptors (Lipinski definition) is 1. The van der Waals surface area contributed by atoms with E-state index in [0.29, 0.717) is 0 Å². The van der Waals surface area contributed by atoms with Crippen molar-refractivity contribution in [1.82, 2.24) is 0 Å². The first kappa shape index (κ1) is 9.71. The molecule has 2 aromatic carbocycles. The Hall–Kier alpha value is -1.84. The van der Waals surface area contributed by atoms with Gasteiger partial charge in [-0.1, -0.05) is 6.07 Å². The highest BCUT2D eigenvalue weighted by Crippen LogP contribution is 2.25. The van der Waals surface area contributed by atoms with Gasteiger partial charge in [-0.05, 0) is 18.2 Å². The molecule has 4 heteroatoms. The molecule has 1 nitrogen and oxygen atoms in total. The quantitative estimate of drug-likeness (QED) is 0.661. The summed E-state index contributed by atoms with van der Waals surface area (Å²) in [6.07, 6.45) is 0.263. The van der Waals surface area contributed by atoms with E-state index in [-0.39, 0.29) is 17.2 Å². The highest BCUT2D eigenvalue weighted by atomic mass is 19.1. The maximum atomic E-state index is 13.5. The van der Waals surface area contributed by atoms with Gasteiger partial charge in [0.05, 0.1) is 10.9 Å². The van der Waals surface area contributed by atoms with Crippen LogP contribution in [0.3, 0.4) is 0 Å². The van der Waals surface area contributed by atoms with E-state index < -0.39 is 22.8 Å². The van der Waals surface area contributed by atoms with Gasteiger partial charge in [-0.3, -0.25) is 4.79 Å². The lowest BCUT2D eigenvalue weighted by molar-refractivity contribution is 0.112. The van der Waals surface area contributed by atoms with E-state index in [2.05, 4.69) is 0 Å². The van der Waals surface area contributed by atoms with Crippen LogP contribution in [0.4, 0.5) is 13.2 Å². The number of fused-ring (bicyclic) bond motifs is 1. The molecule has 0 bridgehead atoms. The van der Waals surface area contributed by atoms with E-state index in [1.54, 1.807) is 0 Å². The molecule has 0 aliphatic heterocycles. The number of benzene rings is 2. The van der Waals surface area contributed by atoms with Gasteiger partial charge in [-0.2, -0.15) is 0 Å². The van der Waals surface area contributed by atoms with E-state index in [4.69, 9.17) is 0 Å². The average Bonchev–Trinajstić information content (AvgIpc) is 2.23. The molecule has 0 radical (unpaired) electrons. The lowest BCUT2D eigenvalue weighted by atomic mass is 10.1. The second kappa shape index (κ2) is 3.38. The van der Waals surface area contributed by atoms with Crippen LogP contribution in [0, 0.1) is 17.5 Å². The number of carbonyl (C=O) groups excluding carboxylic acids is 1. The SMILES string of the molecule is O=Cc1ccc2c(F)ccc(F)c2c1F. The summed E-state index contributed by atoms with van der Waals surface area (Å²) < 4.78 is 39.9. The number of hydrogen-bond donors (Lipinski definition) is 0. The molecule has 0 atom stereocenters. The van der Waals surface area contributed by atoms with Gasteiger partial charge in [-0.25, -0.2) is 13.2 Å². The molecule has 0 aliphatic rings. The van der Waals surface area contributed by atoms with Gasteiger partial charge < -0.3 is 0 Å². The van der Waals surface area contributed by atoms with Gasteiger partial charge in [0.15, 0.2) is 6.29 Å². The normalized spacial score (nSPS) is 10.6. The molecule has 0 aromatic heterocycles. The van der Waals surface area contributed by atoms with Crippen molar-refractivity contribution in [2.24, 2.45) is 0 Å². The Balaban J connectivity index is 2.98. The van der Waals surface area contributed by atoms with Gasteiger partial charge in [0, 0.05) is 5.39 Å². The van der Waals surface area contributed by atoms with Crippen molar-refractivity contribution < 1.29 is 18.0 Å². The molecule has 0 saturated carbocycles. The second-order valence-electron chi connectivity index (χ2n) is 3.04. The van der Waals surface area contributed by atoms with Crippen LogP contribution in [0.15, 0.2) is 24.3 Å². The van der Waals surface area contributed by atoms with Crippen LogP contribution in [-0.2, 0) is 0 Å². The first-order valence-corrected chi connectivity index (χ1v) is 4.16. The van der Waals surface area contributed by atoms with Gasteiger partial charge in [0.1, 0.15) is 17.5 Å². The van der Waals surface area contributed by atoms with Crippen molar-refractivity contribution >= 4 is 17.1 Å². The minimum absolute atomic E-state index is 0.168. The third-order valence-corrected chi connectivity index (χ3v) is 2.17. The maximum absolute atomic E-state index is 13.5. The molecule has 2 aromatic rings. The van der Waals surface area contributed by atoms with Gasteiger partial charge in [0.2, 0.25) is 0 Å². The molecule has 15 heavy (non-hydrogen) atoms. The monoisotopic (exact) mass is 210 g/mol. The van der Waals surface area contributed by atoms with Crippen LogP contribution in [0.1, 0.15) is 10.4 Å². The molecule has 0 aliphatic carbocycles. The molecule has 76 valence electrons. The third kappa shape index (κ3) is 1.38. The minimum atomic E-state index is -1.03. The highest BCUT2D eigenvalue weighted by molar-refractivity contribution is 5.90. The number of aldehydes is 1. The topological polar surface area (TPSA) is 17.1 Å². The summed E-state index contributed by atoms with van der Waals surface area (Å²) in [5, 5.41) is -0.655. The standard InChI is InChI=1S/C11H5F3O/c12-8-3-4-9(13)10-7(8)2-1-6(5-15)11(10)14/h1-5H. The average molecular weight is 210 g/mol. The summed E-state index contributed by atoms with van der Waals surface area (Å²) in [6, 6.07) is 4.04. The van der Waals surface area contributed by atoms with E-state index in [1.807, 2.05) is 0 Å². The highest BCUT2D eigenvalue weighted by Gasteiger charge is 2.13. The molecular weight excluding hydrogens is 205 g/mol. The lowest BCUT2D eigenvalue weighted by Crippen LogP contribution is -1.93. The maximum Gasteiger partial charge on any atom is 0.153 e. The van der Waals surface area contributed by atoms with Crippen molar-refractivity contribution in [3.63, 3.8) is 0 Å². The first-order valence-electron chi connectivity index (χ1n) is 4.16. The van der Waals surface area contributed by atoms with Crippen molar-refractivity contribution in [2.45, 2.75) is 0 Å². The third-order valence-electron chi connectivity index (χ3n) is 2.17. The van der Waals surface area contributed by atoms with E-state index in [0.717, 1.165) is 18.2 Å². The Bertz CT molecular complexity index is 549. The molecule has 0 saturated heterocycles. The van der Waals surface area contributed by atoms with E-state index in [1.165, 1.54) is 6.07 Å². The van der Waals surface area contributed by atoms with Gasteiger partial charge >= 0.3 is 0 Å². The van der Waals surface area contributed by atoms with Crippen molar-refractivity contribution in [3.8, 4) is 0 Å². The predicted molar refractivity (Wildman–Crippen MR) is 49.2 cm³/mol. The molecule has 0 spiro atoms. The fraction of sp³-hybridized carbons (Fsp3) is 0. The fourth-order valence-electron chi connectivity index (χ4n) is 1.44. The van der Waals surface area contributed by atoms with Crippen molar-refractivity contribution in [3.05, 3.63) is 47.3 Å². The van der Waals surface area contributed by atoms with Gasteiger partial charge in [-0.15, -0.1) is 0 Å². The fourth-order valence-corrected chi connectivity index (χ4v) is 1.44. The second-order valence-corrected chi connectivity index (χ2v) is 3.04. The predicted octanol–water partition coefficient (Wildman–Crippen LogP) is 3.07. The smallest absolute Gasteiger partial charge is 0.153 e. The minimum Gasteiger partial charge on any atom is -0.298 e.